The van der Waals surface area contributed by atoms with Crippen LogP contribution in [0.25, 0.3) is 0 Å². The van der Waals surface area contributed by atoms with E-state index < -0.39 is 0 Å². The van der Waals surface area contributed by atoms with Crippen LogP contribution in [0.1, 0.15) is 51.4 Å². The van der Waals surface area contributed by atoms with Crippen LogP contribution >= 0.6 is 0 Å². The number of hydrogen-bond acceptors (Lipinski definition) is 1. The van der Waals surface area contributed by atoms with Gasteiger partial charge in [0.15, 0.2) is 0 Å². The molecule has 0 aromatic rings. The molecular formula is C14H26N2O. The lowest BCUT2D eigenvalue weighted by atomic mass is 10.1. The number of nitrogens with zero attached hydrogens (tertiary/aromatic N) is 1. The predicted octanol–water partition coefficient (Wildman–Crippen LogP) is 3.01. The quantitative estimate of drug-likeness (QED) is 0.802. The number of carbonyl (C=O) groups is 1. The molecule has 0 aromatic carbocycles. The Morgan fingerprint density at radius 3 is 2.18 bits per heavy atom. The second-order valence-corrected chi connectivity index (χ2v) is 5.87. The monoisotopic (exact) mass is 238 g/mol. The fourth-order valence-corrected chi connectivity index (χ4v) is 3.24. The Balaban J connectivity index is 1.63. The van der Waals surface area contributed by atoms with Crippen LogP contribution in [-0.2, 0) is 0 Å². The van der Waals surface area contributed by atoms with E-state index in [9.17, 15) is 4.79 Å². The van der Waals surface area contributed by atoms with Crippen LogP contribution in [0.2, 0.25) is 0 Å². The van der Waals surface area contributed by atoms with Crippen molar-refractivity contribution in [2.24, 2.45) is 11.8 Å². The maximum Gasteiger partial charge on any atom is 0.317 e. The standard InChI is InChI=1S/C14H26N2O/c1-16(11-13-8-4-5-9-13)14(17)15-10-12-6-2-3-7-12/h12-13H,2-11H2,1H3,(H,15,17). The lowest BCUT2D eigenvalue weighted by Gasteiger charge is -2.22. The number of nitrogens with one attached hydrogen (secondary N) is 1. The van der Waals surface area contributed by atoms with Gasteiger partial charge < -0.3 is 10.2 Å². The summed E-state index contributed by atoms with van der Waals surface area (Å²) in [6.07, 6.45) is 10.6. The number of rotatable bonds is 4. The van der Waals surface area contributed by atoms with Crippen molar-refractivity contribution in [2.45, 2.75) is 51.4 Å². The molecule has 0 aromatic heterocycles. The van der Waals surface area contributed by atoms with E-state index in [1.54, 1.807) is 0 Å². The average molecular weight is 238 g/mol. The van der Waals surface area contributed by atoms with Crippen molar-refractivity contribution < 1.29 is 4.79 Å². The van der Waals surface area contributed by atoms with E-state index in [0.717, 1.165) is 24.9 Å². The molecule has 2 aliphatic carbocycles. The molecule has 98 valence electrons. The summed E-state index contributed by atoms with van der Waals surface area (Å²) < 4.78 is 0. The van der Waals surface area contributed by atoms with E-state index in [4.69, 9.17) is 0 Å². The molecular weight excluding hydrogens is 212 g/mol. The minimum absolute atomic E-state index is 0.129. The summed E-state index contributed by atoms with van der Waals surface area (Å²) in [5.41, 5.74) is 0. The van der Waals surface area contributed by atoms with Crippen LogP contribution in [0.4, 0.5) is 4.79 Å². The van der Waals surface area contributed by atoms with Gasteiger partial charge in [0.1, 0.15) is 0 Å². The number of amides is 2. The van der Waals surface area contributed by atoms with Crippen LogP contribution in [0, 0.1) is 11.8 Å². The highest BCUT2D eigenvalue weighted by molar-refractivity contribution is 5.73. The van der Waals surface area contributed by atoms with Gasteiger partial charge in [-0.15, -0.1) is 0 Å². The Morgan fingerprint density at radius 2 is 1.59 bits per heavy atom. The number of urea groups is 1. The fourth-order valence-electron chi connectivity index (χ4n) is 3.24. The van der Waals surface area contributed by atoms with Gasteiger partial charge in [-0.05, 0) is 37.5 Å². The minimum Gasteiger partial charge on any atom is -0.338 e. The summed E-state index contributed by atoms with van der Waals surface area (Å²) in [7, 11) is 1.93. The molecule has 0 aliphatic heterocycles. The Hall–Kier alpha value is -0.730. The Labute approximate surface area is 105 Å². The lowest BCUT2D eigenvalue weighted by molar-refractivity contribution is 0.199. The molecule has 0 bridgehead atoms. The molecule has 0 atom stereocenters. The van der Waals surface area contributed by atoms with E-state index >= 15 is 0 Å². The third-order valence-corrected chi connectivity index (χ3v) is 4.37. The van der Waals surface area contributed by atoms with Crippen LogP contribution in [0.15, 0.2) is 0 Å². The van der Waals surface area contributed by atoms with Crippen molar-refractivity contribution in [1.82, 2.24) is 10.2 Å². The number of hydrogen-bond donors (Lipinski definition) is 1. The molecule has 0 spiro atoms. The van der Waals surface area contributed by atoms with Gasteiger partial charge in [0.2, 0.25) is 0 Å². The molecule has 2 fully saturated rings. The Bertz CT molecular complexity index is 243. The van der Waals surface area contributed by atoms with Crippen molar-refractivity contribution in [3.63, 3.8) is 0 Å². The molecule has 2 saturated carbocycles. The smallest absolute Gasteiger partial charge is 0.317 e. The second-order valence-electron chi connectivity index (χ2n) is 5.87. The summed E-state index contributed by atoms with van der Waals surface area (Å²) in [6.45, 7) is 1.82. The predicted molar refractivity (Wildman–Crippen MR) is 69.9 cm³/mol. The summed E-state index contributed by atoms with van der Waals surface area (Å²) in [5, 5.41) is 3.09. The van der Waals surface area contributed by atoms with Crippen molar-refractivity contribution in [2.75, 3.05) is 20.1 Å². The molecule has 0 heterocycles. The zero-order valence-electron chi connectivity index (χ0n) is 11.1. The van der Waals surface area contributed by atoms with Gasteiger partial charge in [0.25, 0.3) is 0 Å². The molecule has 1 N–H and O–H groups in total. The van der Waals surface area contributed by atoms with E-state index in [0.29, 0.717) is 0 Å². The lowest BCUT2D eigenvalue weighted by Crippen LogP contribution is -2.41. The first-order chi connectivity index (χ1) is 8.25. The maximum atomic E-state index is 11.9. The topological polar surface area (TPSA) is 32.3 Å². The van der Waals surface area contributed by atoms with Crippen molar-refractivity contribution in [3.8, 4) is 0 Å². The van der Waals surface area contributed by atoms with Gasteiger partial charge in [-0.3, -0.25) is 0 Å². The Kier molecular flexibility index (Phi) is 4.69. The van der Waals surface area contributed by atoms with Gasteiger partial charge in [-0.2, -0.15) is 0 Å². The zero-order chi connectivity index (χ0) is 12.1. The van der Waals surface area contributed by atoms with Gasteiger partial charge >= 0.3 is 6.03 Å². The van der Waals surface area contributed by atoms with Gasteiger partial charge in [-0.1, -0.05) is 25.7 Å². The molecule has 3 nitrogen and oxygen atoms in total. The summed E-state index contributed by atoms with van der Waals surface area (Å²) >= 11 is 0. The van der Waals surface area contributed by atoms with E-state index in [1.807, 2.05) is 11.9 Å². The number of carbonyl (C=O) groups excluding carboxylic acids is 1. The first-order valence-electron chi connectivity index (χ1n) is 7.24. The molecule has 17 heavy (non-hydrogen) atoms. The zero-order valence-corrected chi connectivity index (χ0v) is 11.1. The maximum absolute atomic E-state index is 11.9. The molecule has 2 amide bonds. The average Bonchev–Trinajstić information content (AvgIpc) is 2.98. The van der Waals surface area contributed by atoms with Gasteiger partial charge in [-0.25, -0.2) is 4.79 Å². The third kappa shape index (κ3) is 3.90. The van der Waals surface area contributed by atoms with Crippen LogP contribution in [-0.4, -0.2) is 31.1 Å². The molecule has 2 rings (SSSR count). The van der Waals surface area contributed by atoms with Gasteiger partial charge in [0.05, 0.1) is 0 Å². The van der Waals surface area contributed by atoms with Crippen LogP contribution in [0.5, 0.6) is 0 Å². The highest BCUT2D eigenvalue weighted by Crippen LogP contribution is 2.25. The summed E-state index contributed by atoms with van der Waals surface area (Å²) in [5.74, 6) is 1.48. The summed E-state index contributed by atoms with van der Waals surface area (Å²) in [6, 6.07) is 0.129. The second kappa shape index (κ2) is 6.27. The van der Waals surface area contributed by atoms with E-state index in [1.165, 1.54) is 51.4 Å². The minimum atomic E-state index is 0.129. The van der Waals surface area contributed by atoms with E-state index in [2.05, 4.69) is 5.32 Å². The van der Waals surface area contributed by atoms with Gasteiger partial charge in [0, 0.05) is 20.1 Å². The third-order valence-electron chi connectivity index (χ3n) is 4.37. The largest absolute Gasteiger partial charge is 0.338 e. The molecule has 2 aliphatic rings. The normalized spacial score (nSPS) is 21.9. The van der Waals surface area contributed by atoms with Crippen LogP contribution < -0.4 is 5.32 Å². The van der Waals surface area contributed by atoms with Crippen molar-refractivity contribution in [3.05, 3.63) is 0 Å². The fraction of sp³-hybridized carbons (Fsp3) is 0.929. The highest BCUT2D eigenvalue weighted by atomic mass is 16.2. The molecule has 0 radical (unpaired) electrons. The first-order valence-corrected chi connectivity index (χ1v) is 7.24. The molecule has 3 heteroatoms. The molecule has 0 saturated heterocycles. The SMILES string of the molecule is CN(CC1CCCC1)C(=O)NCC1CCCC1. The van der Waals surface area contributed by atoms with Crippen LogP contribution in [0.3, 0.4) is 0 Å². The van der Waals surface area contributed by atoms with Crippen molar-refractivity contribution >= 4 is 6.03 Å². The summed E-state index contributed by atoms with van der Waals surface area (Å²) in [4.78, 5) is 13.8. The Morgan fingerprint density at radius 1 is 1.06 bits per heavy atom. The van der Waals surface area contributed by atoms with Crippen molar-refractivity contribution in [1.29, 1.82) is 0 Å². The molecule has 0 unspecified atom stereocenters. The van der Waals surface area contributed by atoms with E-state index in [-0.39, 0.29) is 6.03 Å². The first kappa shape index (κ1) is 12.7. The highest BCUT2D eigenvalue weighted by Gasteiger charge is 2.20.